The molecule has 0 radical (unpaired) electrons. The van der Waals surface area contributed by atoms with Gasteiger partial charge in [-0.1, -0.05) is 44.2 Å². The van der Waals surface area contributed by atoms with Crippen LogP contribution in [-0.2, 0) is 13.1 Å². The number of halogens is 1. The zero-order valence-electron chi connectivity index (χ0n) is 16.3. The van der Waals surface area contributed by atoms with E-state index in [-0.39, 0.29) is 24.0 Å². The highest BCUT2D eigenvalue weighted by Gasteiger charge is 2.08. The van der Waals surface area contributed by atoms with Crippen molar-refractivity contribution in [3.63, 3.8) is 0 Å². The molecule has 3 aromatic rings. The first-order valence-corrected chi connectivity index (χ1v) is 10.00. The molecule has 0 saturated carbocycles. The number of hydrogen-bond donors (Lipinski definition) is 2. The molecule has 2 N–H and O–H groups in total. The largest absolute Gasteiger partial charge is 0.439 e. The zero-order chi connectivity index (χ0) is 19.1. The van der Waals surface area contributed by atoms with Crippen molar-refractivity contribution in [2.45, 2.75) is 39.8 Å². The van der Waals surface area contributed by atoms with Crippen molar-refractivity contribution < 1.29 is 4.42 Å². The van der Waals surface area contributed by atoms with Crippen LogP contribution in [0.15, 0.2) is 51.3 Å². The van der Waals surface area contributed by atoms with E-state index < -0.39 is 0 Å². The van der Waals surface area contributed by atoms with Gasteiger partial charge in [0.2, 0.25) is 5.89 Å². The Balaban J connectivity index is 0.00000280. The molecular weight excluding hydrogens is 485 g/mol. The van der Waals surface area contributed by atoms with E-state index >= 15 is 0 Å². The van der Waals surface area contributed by atoms with Crippen molar-refractivity contribution >= 4 is 41.3 Å². The molecule has 1 aromatic carbocycles. The van der Waals surface area contributed by atoms with Gasteiger partial charge >= 0.3 is 0 Å². The van der Waals surface area contributed by atoms with Crippen LogP contribution in [0.4, 0.5) is 0 Å². The normalized spacial score (nSPS) is 11.4. The smallest absolute Gasteiger partial charge is 0.216 e. The molecule has 0 atom stereocenters. The second-order valence-electron chi connectivity index (χ2n) is 6.35. The van der Waals surface area contributed by atoms with Gasteiger partial charge in [-0.05, 0) is 12.8 Å². The average Bonchev–Trinajstić information content (AvgIpc) is 3.34. The Bertz CT molecular complexity index is 876. The Hall–Kier alpha value is -1.94. The summed E-state index contributed by atoms with van der Waals surface area (Å²) in [6.45, 7) is 8.13. The molecule has 28 heavy (non-hydrogen) atoms. The predicted molar refractivity (Wildman–Crippen MR) is 125 cm³/mol. The van der Waals surface area contributed by atoms with Crippen LogP contribution >= 0.6 is 35.3 Å². The van der Waals surface area contributed by atoms with Crippen LogP contribution in [0.5, 0.6) is 0 Å². The van der Waals surface area contributed by atoms with Crippen LogP contribution in [0.25, 0.3) is 11.3 Å². The van der Waals surface area contributed by atoms with Gasteiger partial charge in [-0.15, -0.1) is 35.3 Å². The van der Waals surface area contributed by atoms with E-state index in [0.29, 0.717) is 24.9 Å². The van der Waals surface area contributed by atoms with Gasteiger partial charge in [0.25, 0.3) is 0 Å². The van der Waals surface area contributed by atoms with Crippen molar-refractivity contribution in [3.8, 4) is 11.3 Å². The number of guanidine groups is 1. The molecule has 2 heterocycles. The maximum Gasteiger partial charge on any atom is 0.216 e. The second kappa shape index (κ2) is 11.2. The van der Waals surface area contributed by atoms with Gasteiger partial charge in [0.15, 0.2) is 11.7 Å². The van der Waals surface area contributed by atoms with Crippen molar-refractivity contribution in [3.05, 3.63) is 58.5 Å². The third kappa shape index (κ3) is 6.30. The molecule has 0 amide bonds. The summed E-state index contributed by atoms with van der Waals surface area (Å²) in [7, 11) is 0. The van der Waals surface area contributed by atoms with Crippen molar-refractivity contribution in [1.82, 2.24) is 20.6 Å². The molecule has 2 aromatic heterocycles. The summed E-state index contributed by atoms with van der Waals surface area (Å²) in [6.07, 6.45) is 1.74. The molecule has 0 spiro atoms. The molecule has 0 aliphatic heterocycles. The highest BCUT2D eigenvalue weighted by Crippen LogP contribution is 2.20. The van der Waals surface area contributed by atoms with Gasteiger partial charge in [-0.3, -0.25) is 0 Å². The highest BCUT2D eigenvalue weighted by atomic mass is 127. The Kier molecular flexibility index (Phi) is 8.91. The molecule has 8 heteroatoms. The second-order valence-corrected chi connectivity index (χ2v) is 7.30. The van der Waals surface area contributed by atoms with Gasteiger partial charge in [0.1, 0.15) is 11.6 Å². The zero-order valence-corrected chi connectivity index (χ0v) is 19.5. The topological polar surface area (TPSA) is 75.3 Å². The summed E-state index contributed by atoms with van der Waals surface area (Å²) in [4.78, 5) is 13.5. The predicted octanol–water partition coefficient (Wildman–Crippen LogP) is 4.79. The summed E-state index contributed by atoms with van der Waals surface area (Å²) in [6, 6.07) is 9.93. The molecule has 0 aliphatic rings. The summed E-state index contributed by atoms with van der Waals surface area (Å²) in [5.74, 6) is 2.50. The lowest BCUT2D eigenvalue weighted by Crippen LogP contribution is -2.36. The van der Waals surface area contributed by atoms with E-state index in [0.717, 1.165) is 34.5 Å². The maximum absolute atomic E-state index is 5.81. The van der Waals surface area contributed by atoms with Crippen LogP contribution in [0.2, 0.25) is 0 Å². The van der Waals surface area contributed by atoms with Gasteiger partial charge in [-0.2, -0.15) is 0 Å². The number of nitrogens with one attached hydrogen (secondary N) is 2. The summed E-state index contributed by atoms with van der Waals surface area (Å²) in [5, 5.41) is 9.72. The molecule has 3 rings (SSSR count). The monoisotopic (exact) mass is 511 g/mol. The standard InChI is InChI=1S/C20H25N5OS.HI/c1-4-21-20(24-12-19-25-16(13-27-19)14(2)3)23-11-18-22-10-17(26-18)15-8-6-5-7-9-15;/h5-10,13-14H,4,11-12H2,1-3H3,(H2,21,23,24);1H. The number of oxazole rings is 1. The summed E-state index contributed by atoms with van der Waals surface area (Å²) in [5.41, 5.74) is 2.14. The Morgan fingerprint density at radius 2 is 2.00 bits per heavy atom. The Labute approximate surface area is 186 Å². The van der Waals surface area contributed by atoms with Crippen molar-refractivity contribution in [2.24, 2.45) is 4.99 Å². The fraction of sp³-hybridized carbons (Fsp3) is 0.350. The van der Waals surface area contributed by atoms with Crippen molar-refractivity contribution in [1.29, 1.82) is 0 Å². The van der Waals surface area contributed by atoms with E-state index in [4.69, 9.17) is 4.42 Å². The minimum atomic E-state index is 0. The molecule has 150 valence electrons. The van der Waals surface area contributed by atoms with Crippen LogP contribution in [0.1, 0.15) is 43.3 Å². The number of hydrogen-bond acceptors (Lipinski definition) is 5. The minimum absolute atomic E-state index is 0. The fourth-order valence-corrected chi connectivity index (χ4v) is 3.33. The third-order valence-corrected chi connectivity index (χ3v) is 4.76. The van der Waals surface area contributed by atoms with Crippen LogP contribution in [0.3, 0.4) is 0 Å². The number of nitrogens with zero attached hydrogens (tertiary/aromatic N) is 3. The van der Waals surface area contributed by atoms with Crippen LogP contribution in [-0.4, -0.2) is 22.5 Å². The quantitative estimate of drug-likeness (QED) is 0.271. The summed E-state index contributed by atoms with van der Waals surface area (Å²) < 4.78 is 5.81. The minimum Gasteiger partial charge on any atom is -0.439 e. The highest BCUT2D eigenvalue weighted by molar-refractivity contribution is 14.0. The van der Waals surface area contributed by atoms with Gasteiger partial charge < -0.3 is 15.1 Å². The number of benzene rings is 1. The van der Waals surface area contributed by atoms with E-state index in [1.807, 2.05) is 37.3 Å². The van der Waals surface area contributed by atoms with Gasteiger partial charge in [0, 0.05) is 17.5 Å². The lowest BCUT2D eigenvalue weighted by atomic mass is 10.2. The third-order valence-electron chi connectivity index (χ3n) is 3.90. The molecule has 0 bridgehead atoms. The van der Waals surface area contributed by atoms with Gasteiger partial charge in [0.05, 0.1) is 18.4 Å². The lowest BCUT2D eigenvalue weighted by Gasteiger charge is -2.09. The molecule has 0 aliphatic carbocycles. The van der Waals surface area contributed by atoms with E-state index in [9.17, 15) is 0 Å². The molecule has 0 unspecified atom stereocenters. The molecule has 0 fully saturated rings. The Morgan fingerprint density at radius 3 is 2.68 bits per heavy atom. The van der Waals surface area contributed by atoms with E-state index in [1.54, 1.807) is 17.5 Å². The fourth-order valence-electron chi connectivity index (χ4n) is 2.44. The lowest BCUT2D eigenvalue weighted by molar-refractivity contribution is 0.509. The summed E-state index contributed by atoms with van der Waals surface area (Å²) >= 11 is 1.67. The number of thiazole rings is 1. The molecule has 6 nitrogen and oxygen atoms in total. The SMILES string of the molecule is CCNC(=NCc1ncc(-c2ccccc2)o1)NCc1nc(C(C)C)cs1.I. The first kappa shape index (κ1) is 22.4. The maximum atomic E-state index is 5.81. The van der Waals surface area contributed by atoms with Gasteiger partial charge in [-0.25, -0.2) is 15.0 Å². The van der Waals surface area contributed by atoms with E-state index in [1.165, 1.54) is 0 Å². The van der Waals surface area contributed by atoms with Crippen molar-refractivity contribution in [2.75, 3.05) is 6.54 Å². The number of aliphatic imine (C=N–C) groups is 1. The first-order valence-electron chi connectivity index (χ1n) is 9.12. The molecular formula is C20H26IN5OS. The Morgan fingerprint density at radius 1 is 1.21 bits per heavy atom. The van der Waals surface area contributed by atoms with E-state index in [2.05, 4.69) is 44.8 Å². The molecule has 0 saturated heterocycles. The van der Waals surface area contributed by atoms with Crippen LogP contribution in [0, 0.1) is 0 Å². The van der Waals surface area contributed by atoms with Crippen LogP contribution < -0.4 is 10.6 Å². The number of aromatic nitrogens is 2. The average molecular weight is 511 g/mol. The first-order chi connectivity index (χ1) is 13.2. The number of rotatable bonds is 7.